The second kappa shape index (κ2) is 5.04. The summed E-state index contributed by atoms with van der Waals surface area (Å²) in [6.07, 6.45) is -4.55. The highest BCUT2D eigenvalue weighted by Crippen LogP contribution is 2.33. The number of carbonyl (C=O) groups is 1. The Morgan fingerprint density at radius 2 is 2.00 bits per heavy atom. The largest absolute Gasteiger partial charge is 0.417 e. The van der Waals surface area contributed by atoms with E-state index in [1.807, 2.05) is 0 Å². The minimum atomic E-state index is -4.55. The summed E-state index contributed by atoms with van der Waals surface area (Å²) in [7, 11) is 1.67. The van der Waals surface area contributed by atoms with Gasteiger partial charge < -0.3 is 9.80 Å². The topological polar surface area (TPSA) is 47.3 Å². The molecule has 0 N–H and O–H groups in total. The van der Waals surface area contributed by atoms with Crippen LogP contribution < -0.4 is 4.90 Å². The van der Waals surface area contributed by atoms with Gasteiger partial charge in [-0.2, -0.15) is 18.4 Å². The summed E-state index contributed by atoms with van der Waals surface area (Å²) in [5.74, 6) is -0.102. The molecular weight excluding hydrogens is 271 g/mol. The Labute approximate surface area is 114 Å². The number of hydrogen-bond acceptors (Lipinski definition) is 3. The van der Waals surface area contributed by atoms with Gasteiger partial charge in [-0.1, -0.05) is 0 Å². The molecule has 1 fully saturated rings. The number of halogens is 3. The standard InChI is InChI=1S/C13H12F3N3O/c1-18-4-5-19(8-12(18)20)10-2-3-11(13(14,15)16)9(6-10)7-17/h2-3,6H,4-5,8H2,1H3. The predicted molar refractivity (Wildman–Crippen MR) is 66.0 cm³/mol. The number of nitrogens with zero attached hydrogens (tertiary/aromatic N) is 3. The average Bonchev–Trinajstić information content (AvgIpc) is 2.40. The van der Waals surface area contributed by atoms with Crippen molar-refractivity contribution < 1.29 is 18.0 Å². The van der Waals surface area contributed by atoms with Crippen LogP contribution >= 0.6 is 0 Å². The summed E-state index contributed by atoms with van der Waals surface area (Å²) in [5, 5.41) is 8.85. The summed E-state index contributed by atoms with van der Waals surface area (Å²) in [6, 6.07) is 4.92. The van der Waals surface area contributed by atoms with Crippen LogP contribution in [0.2, 0.25) is 0 Å². The number of piperazine rings is 1. The van der Waals surface area contributed by atoms with Gasteiger partial charge in [0.1, 0.15) is 0 Å². The normalized spacial score (nSPS) is 16.2. The van der Waals surface area contributed by atoms with E-state index in [2.05, 4.69) is 0 Å². The van der Waals surface area contributed by atoms with E-state index in [1.165, 1.54) is 12.1 Å². The summed E-state index contributed by atoms with van der Waals surface area (Å²) in [6.45, 7) is 1.13. The van der Waals surface area contributed by atoms with Crippen molar-refractivity contribution in [1.82, 2.24) is 4.90 Å². The fraction of sp³-hybridized carbons (Fsp3) is 0.385. The zero-order chi connectivity index (χ0) is 14.9. The van der Waals surface area contributed by atoms with Crippen LogP contribution in [0.1, 0.15) is 11.1 Å². The quantitative estimate of drug-likeness (QED) is 0.790. The first-order chi connectivity index (χ1) is 9.32. The molecule has 106 valence electrons. The lowest BCUT2D eigenvalue weighted by atomic mass is 10.1. The van der Waals surface area contributed by atoms with Crippen molar-refractivity contribution in [3.63, 3.8) is 0 Å². The van der Waals surface area contributed by atoms with Gasteiger partial charge in [0.15, 0.2) is 0 Å². The molecule has 7 heteroatoms. The number of likely N-dealkylation sites (N-methyl/N-ethyl adjacent to an activating group) is 1. The highest BCUT2D eigenvalue weighted by Gasteiger charge is 2.34. The van der Waals surface area contributed by atoms with Gasteiger partial charge in [0.25, 0.3) is 0 Å². The number of benzene rings is 1. The Morgan fingerprint density at radius 1 is 1.30 bits per heavy atom. The van der Waals surface area contributed by atoms with Gasteiger partial charge in [-0.25, -0.2) is 0 Å². The van der Waals surface area contributed by atoms with Crippen LogP contribution in [0.4, 0.5) is 18.9 Å². The monoisotopic (exact) mass is 283 g/mol. The molecule has 0 saturated carbocycles. The van der Waals surface area contributed by atoms with Gasteiger partial charge in [0, 0.05) is 25.8 Å². The van der Waals surface area contributed by atoms with Crippen LogP contribution in [0.25, 0.3) is 0 Å². The van der Waals surface area contributed by atoms with E-state index >= 15 is 0 Å². The third kappa shape index (κ3) is 2.69. The number of hydrogen-bond donors (Lipinski definition) is 0. The van der Waals surface area contributed by atoms with Gasteiger partial charge in [0.05, 0.1) is 23.7 Å². The van der Waals surface area contributed by atoms with Crippen LogP contribution in [-0.4, -0.2) is 37.5 Å². The van der Waals surface area contributed by atoms with Crippen molar-refractivity contribution in [2.75, 3.05) is 31.6 Å². The second-order valence-electron chi connectivity index (χ2n) is 4.58. The molecule has 2 rings (SSSR count). The molecule has 4 nitrogen and oxygen atoms in total. The summed E-state index contributed by atoms with van der Waals surface area (Å²) in [4.78, 5) is 14.8. The zero-order valence-electron chi connectivity index (χ0n) is 10.7. The number of rotatable bonds is 1. The number of anilines is 1. The fourth-order valence-electron chi connectivity index (χ4n) is 2.05. The molecular formula is C13H12F3N3O. The van der Waals surface area contributed by atoms with E-state index in [-0.39, 0.29) is 12.5 Å². The van der Waals surface area contributed by atoms with Gasteiger partial charge in [0.2, 0.25) is 5.91 Å². The molecule has 1 heterocycles. The first kappa shape index (κ1) is 14.2. The molecule has 0 bridgehead atoms. The molecule has 1 aliphatic heterocycles. The third-order valence-corrected chi connectivity index (χ3v) is 3.25. The molecule has 0 spiro atoms. The SMILES string of the molecule is CN1CCN(c2ccc(C(F)(F)F)c(C#N)c2)CC1=O. The first-order valence-corrected chi connectivity index (χ1v) is 5.93. The molecule has 1 aliphatic rings. The van der Waals surface area contributed by atoms with Crippen molar-refractivity contribution in [3.8, 4) is 6.07 Å². The van der Waals surface area contributed by atoms with Crippen LogP contribution in [0.3, 0.4) is 0 Å². The van der Waals surface area contributed by atoms with E-state index in [0.29, 0.717) is 18.8 Å². The lowest BCUT2D eigenvalue weighted by Gasteiger charge is -2.33. The molecule has 1 saturated heterocycles. The van der Waals surface area contributed by atoms with Crippen LogP contribution in [0, 0.1) is 11.3 Å². The molecule has 0 radical (unpaired) electrons. The number of carbonyl (C=O) groups excluding carboxylic acids is 1. The van der Waals surface area contributed by atoms with Crippen molar-refractivity contribution >= 4 is 11.6 Å². The summed E-state index contributed by atoms with van der Waals surface area (Å²) in [5.41, 5.74) is -0.929. The third-order valence-electron chi connectivity index (χ3n) is 3.25. The van der Waals surface area contributed by atoms with Gasteiger partial charge in [-0.05, 0) is 18.2 Å². The fourth-order valence-corrected chi connectivity index (χ4v) is 2.05. The lowest BCUT2D eigenvalue weighted by Crippen LogP contribution is -2.48. The Balaban J connectivity index is 2.32. The lowest BCUT2D eigenvalue weighted by molar-refractivity contribution is -0.137. The maximum absolute atomic E-state index is 12.7. The smallest absolute Gasteiger partial charge is 0.360 e. The number of nitriles is 1. The molecule has 20 heavy (non-hydrogen) atoms. The molecule has 1 aromatic carbocycles. The highest BCUT2D eigenvalue weighted by molar-refractivity contribution is 5.82. The van der Waals surface area contributed by atoms with Gasteiger partial charge in [-0.3, -0.25) is 4.79 Å². The van der Waals surface area contributed by atoms with E-state index in [1.54, 1.807) is 22.9 Å². The summed E-state index contributed by atoms with van der Waals surface area (Å²) >= 11 is 0. The van der Waals surface area contributed by atoms with Crippen LogP contribution in [-0.2, 0) is 11.0 Å². The van der Waals surface area contributed by atoms with Crippen molar-refractivity contribution in [1.29, 1.82) is 5.26 Å². The van der Waals surface area contributed by atoms with E-state index in [9.17, 15) is 18.0 Å². The van der Waals surface area contributed by atoms with Crippen LogP contribution in [0.5, 0.6) is 0 Å². The Morgan fingerprint density at radius 3 is 2.55 bits per heavy atom. The predicted octanol–water partition coefficient (Wildman–Crippen LogP) is 1.86. The van der Waals surface area contributed by atoms with Crippen LogP contribution in [0.15, 0.2) is 18.2 Å². The van der Waals surface area contributed by atoms with Crippen molar-refractivity contribution in [2.45, 2.75) is 6.18 Å². The summed E-state index contributed by atoms with van der Waals surface area (Å²) < 4.78 is 38.1. The Kier molecular flexibility index (Phi) is 3.57. The molecule has 0 atom stereocenters. The molecule has 1 aromatic rings. The van der Waals surface area contributed by atoms with Crippen molar-refractivity contribution in [2.24, 2.45) is 0 Å². The van der Waals surface area contributed by atoms with Gasteiger partial charge in [-0.15, -0.1) is 0 Å². The molecule has 0 aromatic heterocycles. The van der Waals surface area contributed by atoms with E-state index in [4.69, 9.17) is 5.26 Å². The molecule has 0 unspecified atom stereocenters. The number of alkyl halides is 3. The number of amides is 1. The Hall–Kier alpha value is -2.23. The average molecular weight is 283 g/mol. The first-order valence-electron chi connectivity index (χ1n) is 5.93. The second-order valence-corrected chi connectivity index (χ2v) is 4.58. The minimum absolute atomic E-state index is 0.102. The molecule has 0 aliphatic carbocycles. The van der Waals surface area contributed by atoms with Crippen molar-refractivity contribution in [3.05, 3.63) is 29.3 Å². The zero-order valence-corrected chi connectivity index (χ0v) is 10.7. The maximum Gasteiger partial charge on any atom is 0.417 e. The van der Waals surface area contributed by atoms with Gasteiger partial charge >= 0.3 is 6.18 Å². The van der Waals surface area contributed by atoms with E-state index in [0.717, 1.165) is 6.07 Å². The maximum atomic E-state index is 12.7. The highest BCUT2D eigenvalue weighted by atomic mass is 19.4. The minimum Gasteiger partial charge on any atom is -0.360 e. The molecule has 1 amide bonds. The van der Waals surface area contributed by atoms with E-state index < -0.39 is 17.3 Å². The Bertz CT molecular complexity index is 577.